The average Bonchev–Trinajstić information content (AvgIpc) is 3.28. The molecular formula is C24H28Cl2N2O2S2. The van der Waals surface area contributed by atoms with E-state index in [4.69, 9.17) is 23.2 Å². The number of benzene rings is 2. The number of para-hydroxylation sites is 2. The molecule has 1 saturated heterocycles. The van der Waals surface area contributed by atoms with E-state index in [1.807, 2.05) is 45.9 Å². The Hall–Kier alpha value is -1.34. The zero-order valence-corrected chi connectivity index (χ0v) is 21.5. The van der Waals surface area contributed by atoms with Gasteiger partial charge in [-0.15, -0.1) is 0 Å². The SMILES string of the molecule is CN(C)C(=O)Cc1ccccc1N(C(=O)CCCC[C@H]1CCSS1)c1c(Cl)cccc1Cl. The highest BCUT2D eigenvalue weighted by atomic mass is 35.5. The fraction of sp³-hybridized carbons (Fsp3) is 0.417. The van der Waals surface area contributed by atoms with E-state index in [-0.39, 0.29) is 18.2 Å². The molecule has 0 saturated carbocycles. The van der Waals surface area contributed by atoms with Crippen LogP contribution in [0.5, 0.6) is 0 Å². The Balaban J connectivity index is 1.87. The summed E-state index contributed by atoms with van der Waals surface area (Å²) in [6.07, 6.45) is 4.77. The van der Waals surface area contributed by atoms with Crippen LogP contribution in [0.25, 0.3) is 0 Å². The number of carbonyl (C=O) groups is 2. The minimum absolute atomic E-state index is 0.0398. The van der Waals surface area contributed by atoms with Gasteiger partial charge in [0.05, 0.1) is 27.8 Å². The molecule has 0 radical (unpaired) electrons. The number of hydrogen-bond donors (Lipinski definition) is 0. The van der Waals surface area contributed by atoms with Gasteiger partial charge >= 0.3 is 0 Å². The molecule has 2 aromatic carbocycles. The first-order valence-corrected chi connectivity index (χ1v) is 13.9. The quantitative estimate of drug-likeness (QED) is 0.268. The fourth-order valence-electron chi connectivity index (χ4n) is 3.61. The van der Waals surface area contributed by atoms with Crippen molar-refractivity contribution in [2.75, 3.05) is 24.7 Å². The van der Waals surface area contributed by atoms with Gasteiger partial charge in [-0.3, -0.25) is 14.5 Å². The van der Waals surface area contributed by atoms with Gasteiger partial charge < -0.3 is 4.90 Å². The topological polar surface area (TPSA) is 40.6 Å². The average molecular weight is 512 g/mol. The van der Waals surface area contributed by atoms with Gasteiger partial charge in [0.25, 0.3) is 0 Å². The summed E-state index contributed by atoms with van der Waals surface area (Å²) in [4.78, 5) is 29.1. The molecule has 0 unspecified atom stereocenters. The summed E-state index contributed by atoms with van der Waals surface area (Å²) in [5.41, 5.74) is 1.87. The highest BCUT2D eigenvalue weighted by molar-refractivity contribution is 8.77. The number of carbonyl (C=O) groups excluding carboxylic acids is 2. The molecule has 1 atom stereocenters. The van der Waals surface area contributed by atoms with Gasteiger partial charge in [-0.05, 0) is 43.0 Å². The van der Waals surface area contributed by atoms with Crippen molar-refractivity contribution < 1.29 is 9.59 Å². The zero-order valence-electron chi connectivity index (χ0n) is 18.4. The highest BCUT2D eigenvalue weighted by Crippen LogP contribution is 2.41. The predicted molar refractivity (Wildman–Crippen MR) is 139 cm³/mol. The molecule has 1 aliphatic rings. The zero-order chi connectivity index (χ0) is 23.1. The first-order valence-electron chi connectivity index (χ1n) is 10.7. The molecule has 3 rings (SSSR count). The number of anilines is 2. The van der Waals surface area contributed by atoms with Crippen molar-refractivity contribution in [3.8, 4) is 0 Å². The van der Waals surface area contributed by atoms with Gasteiger partial charge in [-0.2, -0.15) is 0 Å². The highest BCUT2D eigenvalue weighted by Gasteiger charge is 2.26. The van der Waals surface area contributed by atoms with Crippen molar-refractivity contribution in [2.45, 2.75) is 43.8 Å². The van der Waals surface area contributed by atoms with E-state index < -0.39 is 0 Å². The second-order valence-corrected chi connectivity index (χ2v) is 11.6. The van der Waals surface area contributed by atoms with Gasteiger partial charge in [-0.25, -0.2) is 0 Å². The van der Waals surface area contributed by atoms with E-state index >= 15 is 0 Å². The summed E-state index contributed by atoms with van der Waals surface area (Å²) >= 11 is 13.0. The number of amides is 2. The van der Waals surface area contributed by atoms with E-state index in [0.717, 1.165) is 24.8 Å². The molecule has 1 fully saturated rings. The van der Waals surface area contributed by atoms with Crippen LogP contribution in [0.4, 0.5) is 11.4 Å². The molecular weight excluding hydrogens is 483 g/mol. The van der Waals surface area contributed by atoms with Crippen molar-refractivity contribution in [3.05, 3.63) is 58.1 Å². The van der Waals surface area contributed by atoms with Gasteiger partial charge in [0.15, 0.2) is 0 Å². The van der Waals surface area contributed by atoms with Crippen LogP contribution >= 0.6 is 44.8 Å². The minimum atomic E-state index is -0.0711. The molecule has 0 aliphatic carbocycles. The Morgan fingerprint density at radius 1 is 1.00 bits per heavy atom. The molecule has 8 heteroatoms. The standard InChI is InChI=1S/C24H28Cl2N2O2S2/c1-27(2)23(30)16-17-8-3-5-12-21(17)28(24-19(25)10-7-11-20(24)26)22(29)13-6-4-9-18-14-15-31-32-18/h3,5,7-8,10-12,18H,4,6,9,13-16H2,1-2H3/t18-/m0/s1. The van der Waals surface area contributed by atoms with Crippen molar-refractivity contribution in [1.82, 2.24) is 4.90 Å². The molecule has 172 valence electrons. The molecule has 0 spiro atoms. The van der Waals surface area contributed by atoms with Crippen molar-refractivity contribution >= 4 is 68.0 Å². The summed E-state index contributed by atoms with van der Waals surface area (Å²) in [6.45, 7) is 0. The van der Waals surface area contributed by atoms with E-state index in [9.17, 15) is 9.59 Å². The molecule has 2 amide bonds. The number of hydrogen-bond acceptors (Lipinski definition) is 4. The van der Waals surface area contributed by atoms with E-state index in [1.165, 1.54) is 12.2 Å². The third kappa shape index (κ3) is 6.60. The van der Waals surface area contributed by atoms with E-state index in [1.54, 1.807) is 42.1 Å². The van der Waals surface area contributed by atoms with Crippen LogP contribution in [0.1, 0.15) is 37.7 Å². The van der Waals surface area contributed by atoms with Crippen molar-refractivity contribution in [3.63, 3.8) is 0 Å². The predicted octanol–water partition coefficient (Wildman–Crippen LogP) is 7.00. The molecule has 2 aromatic rings. The lowest BCUT2D eigenvalue weighted by Crippen LogP contribution is -2.29. The van der Waals surface area contributed by atoms with Crippen LogP contribution in [0.15, 0.2) is 42.5 Å². The van der Waals surface area contributed by atoms with Crippen LogP contribution < -0.4 is 4.90 Å². The lowest BCUT2D eigenvalue weighted by atomic mass is 10.1. The van der Waals surface area contributed by atoms with Gasteiger partial charge in [0.1, 0.15) is 0 Å². The van der Waals surface area contributed by atoms with Crippen molar-refractivity contribution in [2.24, 2.45) is 0 Å². The monoisotopic (exact) mass is 510 g/mol. The van der Waals surface area contributed by atoms with Crippen LogP contribution in [-0.2, 0) is 16.0 Å². The number of unbranched alkanes of at least 4 members (excludes halogenated alkanes) is 1. The Labute approximate surface area is 208 Å². The van der Waals surface area contributed by atoms with Crippen LogP contribution in [0.2, 0.25) is 10.0 Å². The summed E-state index contributed by atoms with van der Waals surface area (Å²) in [5.74, 6) is 1.11. The Bertz CT molecular complexity index is 929. The van der Waals surface area contributed by atoms with Gasteiger partial charge in [0.2, 0.25) is 11.8 Å². The van der Waals surface area contributed by atoms with Gasteiger partial charge in [-0.1, -0.05) is 75.5 Å². The Morgan fingerprint density at radius 3 is 2.38 bits per heavy atom. The Kier molecular flexibility index (Phi) is 9.65. The molecule has 0 aromatic heterocycles. The fourth-order valence-corrected chi connectivity index (χ4v) is 7.20. The van der Waals surface area contributed by atoms with Crippen molar-refractivity contribution in [1.29, 1.82) is 0 Å². The maximum atomic E-state index is 13.5. The Morgan fingerprint density at radius 2 is 1.72 bits per heavy atom. The summed E-state index contributed by atoms with van der Waals surface area (Å²) in [7, 11) is 7.35. The summed E-state index contributed by atoms with van der Waals surface area (Å²) in [5, 5.41) is 1.50. The maximum absolute atomic E-state index is 13.5. The molecule has 4 nitrogen and oxygen atoms in total. The number of likely N-dealkylation sites (N-methyl/N-ethyl adjacent to an activating group) is 1. The molecule has 0 N–H and O–H groups in total. The minimum Gasteiger partial charge on any atom is -0.349 e. The molecule has 1 aliphatic heterocycles. The number of nitrogens with zero attached hydrogens (tertiary/aromatic N) is 2. The molecule has 0 bridgehead atoms. The summed E-state index contributed by atoms with van der Waals surface area (Å²) < 4.78 is 0. The van der Waals surface area contributed by atoms with E-state index in [2.05, 4.69) is 0 Å². The second kappa shape index (κ2) is 12.2. The lowest BCUT2D eigenvalue weighted by Gasteiger charge is -2.27. The van der Waals surface area contributed by atoms with Gasteiger partial charge in [0, 0.05) is 31.5 Å². The lowest BCUT2D eigenvalue weighted by molar-refractivity contribution is -0.128. The third-order valence-corrected chi connectivity index (χ3v) is 8.99. The molecule has 1 heterocycles. The second-order valence-electron chi connectivity index (χ2n) is 7.97. The maximum Gasteiger partial charge on any atom is 0.231 e. The van der Waals surface area contributed by atoms with Crippen LogP contribution in [0.3, 0.4) is 0 Å². The smallest absolute Gasteiger partial charge is 0.231 e. The largest absolute Gasteiger partial charge is 0.349 e. The molecule has 32 heavy (non-hydrogen) atoms. The first kappa shape index (κ1) is 25.3. The van der Waals surface area contributed by atoms with E-state index in [0.29, 0.717) is 33.1 Å². The first-order chi connectivity index (χ1) is 15.4. The number of halogens is 2. The normalized spacial score (nSPS) is 15.6. The third-order valence-electron chi connectivity index (χ3n) is 5.38. The van der Waals surface area contributed by atoms with Crippen LogP contribution in [-0.4, -0.2) is 41.8 Å². The van der Waals surface area contributed by atoms with Crippen LogP contribution in [0, 0.1) is 0 Å². The number of rotatable bonds is 9. The summed E-state index contributed by atoms with van der Waals surface area (Å²) in [6, 6.07) is 12.7.